The molecule has 4 atom stereocenters. The summed E-state index contributed by atoms with van der Waals surface area (Å²) in [6.45, 7) is 0.348. The number of ether oxygens (including phenoxy) is 6. The van der Waals surface area contributed by atoms with Gasteiger partial charge >= 0.3 is 0 Å². The Morgan fingerprint density at radius 2 is 1.04 bits per heavy atom. The monoisotopic (exact) mass is 692 g/mol. The Hall–Kier alpha value is -5.08. The van der Waals surface area contributed by atoms with E-state index in [0.717, 1.165) is 0 Å². The average Bonchev–Trinajstić information content (AvgIpc) is 3.12. The van der Waals surface area contributed by atoms with Crippen molar-refractivity contribution in [2.24, 2.45) is 0 Å². The lowest BCUT2D eigenvalue weighted by molar-refractivity contribution is -0.152. The van der Waals surface area contributed by atoms with Gasteiger partial charge in [-0.05, 0) is 37.1 Å². The van der Waals surface area contributed by atoms with Crippen LogP contribution < -0.4 is 29.6 Å². The largest absolute Gasteiger partial charge is 0.497 e. The second kappa shape index (κ2) is 17.0. The summed E-state index contributed by atoms with van der Waals surface area (Å²) in [5, 5.41) is 5.69. The Labute approximate surface area is 291 Å². The lowest BCUT2D eigenvalue weighted by atomic mass is 10.0. The molecule has 0 aromatic heterocycles. The third kappa shape index (κ3) is 8.37. The van der Waals surface area contributed by atoms with E-state index < -0.39 is 24.2 Å². The van der Waals surface area contributed by atoms with Crippen LogP contribution in [0, 0.1) is 0 Å². The zero-order valence-electron chi connectivity index (χ0n) is 28.7. The highest BCUT2D eigenvalue weighted by Gasteiger charge is 2.42. The van der Waals surface area contributed by atoms with Crippen molar-refractivity contribution < 1.29 is 47.6 Å². The van der Waals surface area contributed by atoms with Crippen LogP contribution >= 0.6 is 0 Å². The smallest absolute Gasteiger partial charge is 0.246 e. The van der Waals surface area contributed by atoms with E-state index in [-0.39, 0.29) is 76.0 Å². The molecular weight excluding hydrogens is 648 g/mol. The molecule has 0 aliphatic carbocycles. The third-order valence-corrected chi connectivity index (χ3v) is 8.88. The lowest BCUT2D eigenvalue weighted by Gasteiger charge is -2.39. The summed E-state index contributed by atoms with van der Waals surface area (Å²) < 4.78 is 33.4. The zero-order chi connectivity index (χ0) is 35.6. The van der Waals surface area contributed by atoms with Crippen LogP contribution in [0.4, 0.5) is 0 Å². The van der Waals surface area contributed by atoms with Crippen molar-refractivity contribution >= 4 is 23.6 Å². The molecule has 0 radical (unpaired) electrons. The fourth-order valence-corrected chi connectivity index (χ4v) is 6.11. The van der Waals surface area contributed by atoms with Gasteiger partial charge in [0.25, 0.3) is 0 Å². The van der Waals surface area contributed by atoms with E-state index in [1.54, 1.807) is 74.9 Å². The van der Waals surface area contributed by atoms with Crippen LogP contribution in [0.2, 0.25) is 0 Å². The average molecular weight is 693 g/mol. The van der Waals surface area contributed by atoms with Crippen LogP contribution in [0.5, 0.6) is 23.0 Å². The Morgan fingerprint density at radius 1 is 0.620 bits per heavy atom. The molecule has 2 aromatic carbocycles. The maximum Gasteiger partial charge on any atom is 0.246 e. The topological polar surface area (TPSA) is 154 Å². The van der Waals surface area contributed by atoms with Crippen LogP contribution in [0.3, 0.4) is 0 Å². The molecule has 6 aliphatic heterocycles. The summed E-state index contributed by atoms with van der Waals surface area (Å²) in [4.78, 5) is 57.3. The number of hydrogen-bond donors (Lipinski definition) is 2. The van der Waals surface area contributed by atoms with E-state index in [1.807, 2.05) is 0 Å². The highest BCUT2D eigenvalue weighted by Crippen LogP contribution is 2.29. The predicted molar refractivity (Wildman–Crippen MR) is 181 cm³/mol. The fraction of sp³-hybridized carbons (Fsp3) is 0.444. The summed E-state index contributed by atoms with van der Waals surface area (Å²) in [6.07, 6.45) is 7.36. The van der Waals surface area contributed by atoms with Crippen LogP contribution in [0.15, 0.2) is 60.7 Å². The predicted octanol–water partition coefficient (Wildman–Crippen LogP) is 1.75. The van der Waals surface area contributed by atoms with Gasteiger partial charge in [0.15, 0.2) is 0 Å². The molecule has 0 saturated carbocycles. The number of nitrogens with zero attached hydrogens (tertiary/aromatic N) is 2. The Morgan fingerprint density at radius 3 is 1.42 bits per heavy atom. The summed E-state index contributed by atoms with van der Waals surface area (Å²) in [5.41, 5.74) is 1.42. The number of amides is 4. The van der Waals surface area contributed by atoms with Crippen molar-refractivity contribution in [2.45, 2.75) is 50.1 Å². The van der Waals surface area contributed by atoms with Gasteiger partial charge in [0.05, 0.1) is 68.0 Å². The summed E-state index contributed by atoms with van der Waals surface area (Å²) in [5.74, 6) is 1.08. The number of methoxy groups -OCH3 is 4. The highest BCUT2D eigenvalue weighted by molar-refractivity contribution is 5.98. The quantitative estimate of drug-likeness (QED) is 0.392. The van der Waals surface area contributed by atoms with E-state index >= 15 is 0 Å². The maximum atomic E-state index is 13.8. The van der Waals surface area contributed by atoms with E-state index in [1.165, 1.54) is 24.0 Å². The van der Waals surface area contributed by atoms with Gasteiger partial charge < -0.3 is 48.9 Å². The normalized spacial score (nSPS) is 24.6. The van der Waals surface area contributed by atoms with Crippen molar-refractivity contribution in [2.75, 3.05) is 54.9 Å². The lowest BCUT2D eigenvalue weighted by Crippen LogP contribution is -2.64. The van der Waals surface area contributed by atoms with E-state index in [0.29, 0.717) is 34.1 Å². The van der Waals surface area contributed by atoms with Crippen molar-refractivity contribution in [3.63, 3.8) is 0 Å². The molecule has 14 heteroatoms. The second-order valence-corrected chi connectivity index (χ2v) is 11.9. The number of carbonyl (C=O) groups excluding carboxylic acids is 4. The van der Waals surface area contributed by atoms with Gasteiger partial charge in [-0.15, -0.1) is 0 Å². The summed E-state index contributed by atoms with van der Waals surface area (Å²) in [6, 6.07) is 7.20. The van der Waals surface area contributed by atoms with E-state index in [2.05, 4.69) is 10.6 Å². The molecule has 4 bridgehead atoms. The first-order valence-corrected chi connectivity index (χ1v) is 16.4. The molecule has 268 valence electrons. The molecule has 6 aliphatic rings. The van der Waals surface area contributed by atoms with Crippen molar-refractivity contribution in [3.8, 4) is 23.0 Å². The number of benzene rings is 2. The molecule has 4 amide bonds. The molecule has 6 heterocycles. The molecule has 0 unspecified atom stereocenters. The number of piperazine rings is 2. The third-order valence-electron chi connectivity index (χ3n) is 8.88. The molecule has 2 aromatic rings. The van der Waals surface area contributed by atoms with Gasteiger partial charge in [0.1, 0.15) is 47.2 Å². The van der Waals surface area contributed by atoms with Crippen molar-refractivity contribution in [1.82, 2.24) is 20.4 Å². The highest BCUT2D eigenvalue weighted by atomic mass is 16.5. The molecule has 50 heavy (non-hydrogen) atoms. The minimum Gasteiger partial charge on any atom is -0.497 e. The Kier molecular flexibility index (Phi) is 12.3. The number of carbonyl (C=O) groups is 4. The first-order chi connectivity index (χ1) is 24.3. The Balaban J connectivity index is 1.35. The van der Waals surface area contributed by atoms with Gasteiger partial charge in [-0.2, -0.15) is 0 Å². The second-order valence-electron chi connectivity index (χ2n) is 11.9. The van der Waals surface area contributed by atoms with Gasteiger partial charge in [0.2, 0.25) is 23.6 Å². The van der Waals surface area contributed by atoms with Crippen LogP contribution in [-0.2, 0) is 41.7 Å². The first kappa shape index (κ1) is 36.2. The van der Waals surface area contributed by atoms with Crippen molar-refractivity contribution in [1.29, 1.82) is 0 Å². The van der Waals surface area contributed by atoms with Gasteiger partial charge in [-0.1, -0.05) is 24.3 Å². The Bertz CT molecular complexity index is 1490. The maximum absolute atomic E-state index is 13.8. The number of nitrogens with one attached hydrogen (secondary N) is 2. The number of rotatable bonds is 8. The summed E-state index contributed by atoms with van der Waals surface area (Å²) in [7, 11) is 6.17. The van der Waals surface area contributed by atoms with Crippen LogP contribution in [-0.4, -0.2) is 112 Å². The molecule has 2 fully saturated rings. The van der Waals surface area contributed by atoms with Gasteiger partial charge in [-0.25, -0.2) is 0 Å². The molecule has 14 nitrogen and oxygen atoms in total. The van der Waals surface area contributed by atoms with Crippen molar-refractivity contribution in [3.05, 3.63) is 71.8 Å². The minimum atomic E-state index is -0.892. The molecule has 2 N–H and O–H groups in total. The van der Waals surface area contributed by atoms with Gasteiger partial charge in [0, 0.05) is 23.3 Å². The van der Waals surface area contributed by atoms with E-state index in [4.69, 9.17) is 28.4 Å². The van der Waals surface area contributed by atoms with Gasteiger partial charge in [-0.3, -0.25) is 19.2 Å². The SMILES string of the molecule is COc1ccc(CN2C(=O)[C@@H]3C/C=C\COC[C@H]4C(=O)N[C@@H](C/C=C\COC[C@H]2C(=O)N3)C(=O)N4Cc2ccc(OC)cc2OC)c(OC)c1. The molecule has 2 saturated heterocycles. The summed E-state index contributed by atoms with van der Waals surface area (Å²) >= 11 is 0. The first-order valence-electron chi connectivity index (χ1n) is 16.4. The molecule has 8 rings (SSSR count). The minimum absolute atomic E-state index is 0.0605. The molecular formula is C36H44N4O10. The molecule has 0 spiro atoms. The zero-order valence-corrected chi connectivity index (χ0v) is 28.7. The fourth-order valence-electron chi connectivity index (χ4n) is 6.11. The standard InChI is InChI=1S/C36H44N4O10/c1-45-25-13-11-23(31(17-25)47-3)19-39-29-21-49-15-8-6-10-28-36(44)40(20-24-12-14-26(46-2)18-32(24)48-4)30(34(42)38-28)22-50-16-7-5-9-27(35(39)43)37-33(29)41/h5-8,11-14,17-18,27-30H,9-10,15-16,19-22H2,1-4H3,(H,37,41)(H,38,42)/b7-5-,8-6-/t27-,28-,29-,30-/m0/s1. The van der Waals surface area contributed by atoms with Crippen LogP contribution in [0.1, 0.15) is 24.0 Å². The van der Waals surface area contributed by atoms with E-state index in [9.17, 15) is 19.2 Å². The number of hydrogen-bond acceptors (Lipinski definition) is 10. The van der Waals surface area contributed by atoms with Crippen LogP contribution in [0.25, 0.3) is 0 Å².